The maximum atomic E-state index is 13.5. The summed E-state index contributed by atoms with van der Waals surface area (Å²) >= 11 is 8.36. The molecule has 20 heavy (non-hydrogen) atoms. The van der Waals surface area contributed by atoms with E-state index in [0.29, 0.717) is 22.5 Å². The molecule has 1 heterocycles. The van der Waals surface area contributed by atoms with Crippen LogP contribution in [-0.4, -0.2) is 17.1 Å². The van der Waals surface area contributed by atoms with E-state index < -0.39 is 5.82 Å². The summed E-state index contributed by atoms with van der Waals surface area (Å²) in [6.07, 6.45) is 2.27. The second-order valence-electron chi connectivity index (χ2n) is 4.66. The molecule has 0 amide bonds. The summed E-state index contributed by atoms with van der Waals surface area (Å²) in [4.78, 5) is 8.88. The number of methoxy groups -OCH3 is 1. The number of aromatic nitrogens is 2. The van der Waals surface area contributed by atoms with Gasteiger partial charge in [0.2, 0.25) is 0 Å². The minimum absolute atomic E-state index is 0.175. The molecule has 0 aliphatic heterocycles. The monoisotopic (exact) mass is 404 g/mol. The molecule has 1 fully saturated rings. The lowest BCUT2D eigenvalue weighted by molar-refractivity contribution is 0.386. The van der Waals surface area contributed by atoms with Crippen LogP contribution in [0.3, 0.4) is 0 Å². The molecule has 3 nitrogen and oxygen atoms in total. The first-order valence-corrected chi connectivity index (χ1v) is 7.62. The van der Waals surface area contributed by atoms with Gasteiger partial charge < -0.3 is 4.74 Å². The quantitative estimate of drug-likeness (QED) is 0.561. The van der Waals surface area contributed by atoms with Gasteiger partial charge in [-0.1, -0.05) is 11.6 Å². The van der Waals surface area contributed by atoms with Crippen LogP contribution in [0.1, 0.15) is 24.5 Å². The van der Waals surface area contributed by atoms with E-state index in [4.69, 9.17) is 16.3 Å². The van der Waals surface area contributed by atoms with Crippen LogP contribution in [-0.2, 0) is 0 Å². The van der Waals surface area contributed by atoms with Gasteiger partial charge >= 0.3 is 0 Å². The third-order valence-corrected chi connectivity index (χ3v) is 4.87. The molecule has 1 aliphatic rings. The van der Waals surface area contributed by atoms with Crippen LogP contribution in [0.4, 0.5) is 4.39 Å². The summed E-state index contributed by atoms with van der Waals surface area (Å²) in [5.74, 6) is 0.753. The number of hydrogen-bond donors (Lipinski definition) is 0. The molecule has 1 saturated carbocycles. The van der Waals surface area contributed by atoms with Crippen LogP contribution in [0.15, 0.2) is 18.2 Å². The first-order valence-electron chi connectivity index (χ1n) is 6.17. The van der Waals surface area contributed by atoms with Crippen LogP contribution in [0, 0.1) is 9.39 Å². The Morgan fingerprint density at radius 1 is 1.35 bits per heavy atom. The maximum absolute atomic E-state index is 13.5. The molecule has 104 valence electrons. The number of rotatable bonds is 3. The van der Waals surface area contributed by atoms with E-state index in [9.17, 15) is 4.39 Å². The number of hydrogen-bond acceptors (Lipinski definition) is 3. The van der Waals surface area contributed by atoms with E-state index in [0.717, 1.165) is 22.1 Å². The standard InChI is InChI=1S/C14H11ClFIN2O/c1-20-10-6-8(4-5-9(10)16)14-18-12(7-2-3-7)11(17)13(15)19-14/h4-7H,2-3H2,1H3. The normalized spacial score (nSPS) is 14.4. The third-order valence-electron chi connectivity index (χ3n) is 3.21. The van der Waals surface area contributed by atoms with Gasteiger partial charge in [-0.2, -0.15) is 0 Å². The van der Waals surface area contributed by atoms with E-state index in [1.165, 1.54) is 13.2 Å². The molecule has 2 aromatic rings. The molecule has 0 N–H and O–H groups in total. The van der Waals surface area contributed by atoms with Crippen molar-refractivity contribution in [3.05, 3.63) is 38.4 Å². The predicted octanol–water partition coefficient (Wildman–Crippen LogP) is 4.43. The van der Waals surface area contributed by atoms with Crippen molar-refractivity contribution in [3.8, 4) is 17.1 Å². The maximum Gasteiger partial charge on any atom is 0.165 e. The Labute approximate surface area is 134 Å². The van der Waals surface area contributed by atoms with E-state index in [2.05, 4.69) is 32.6 Å². The van der Waals surface area contributed by atoms with Crippen molar-refractivity contribution < 1.29 is 9.13 Å². The summed E-state index contributed by atoms with van der Waals surface area (Å²) in [5.41, 5.74) is 1.69. The highest BCUT2D eigenvalue weighted by atomic mass is 127. The van der Waals surface area contributed by atoms with Gasteiger partial charge in [-0.25, -0.2) is 14.4 Å². The molecule has 0 atom stereocenters. The Hall–Kier alpha value is -0.950. The summed E-state index contributed by atoms with van der Waals surface area (Å²) < 4.78 is 19.3. The molecule has 3 rings (SSSR count). The van der Waals surface area contributed by atoms with Gasteiger partial charge in [-0.3, -0.25) is 0 Å². The Morgan fingerprint density at radius 2 is 2.10 bits per heavy atom. The van der Waals surface area contributed by atoms with Gasteiger partial charge in [0.15, 0.2) is 17.4 Å². The Bertz CT molecular complexity index is 676. The van der Waals surface area contributed by atoms with Crippen LogP contribution in [0.5, 0.6) is 5.75 Å². The molecular formula is C14H11ClFIN2O. The average Bonchev–Trinajstić information content (AvgIpc) is 3.27. The van der Waals surface area contributed by atoms with Crippen LogP contribution < -0.4 is 4.74 Å². The van der Waals surface area contributed by atoms with Gasteiger partial charge in [0.25, 0.3) is 0 Å². The summed E-state index contributed by atoms with van der Waals surface area (Å²) in [7, 11) is 1.43. The zero-order valence-electron chi connectivity index (χ0n) is 10.7. The highest BCUT2D eigenvalue weighted by molar-refractivity contribution is 14.1. The minimum atomic E-state index is -0.407. The minimum Gasteiger partial charge on any atom is -0.494 e. The van der Waals surface area contributed by atoms with E-state index in [1.54, 1.807) is 12.1 Å². The molecule has 1 aliphatic carbocycles. The van der Waals surface area contributed by atoms with Crippen LogP contribution in [0.2, 0.25) is 5.15 Å². The lowest BCUT2D eigenvalue weighted by Crippen LogP contribution is -2.00. The largest absolute Gasteiger partial charge is 0.494 e. The Morgan fingerprint density at radius 3 is 2.75 bits per heavy atom. The molecule has 0 bridgehead atoms. The SMILES string of the molecule is COc1cc(-c2nc(Cl)c(I)c(C3CC3)n2)ccc1F. The van der Waals surface area contributed by atoms with Crippen molar-refractivity contribution >= 4 is 34.2 Å². The third kappa shape index (κ3) is 2.61. The molecule has 0 saturated heterocycles. The summed E-state index contributed by atoms with van der Waals surface area (Å²) in [6.45, 7) is 0. The van der Waals surface area contributed by atoms with Gasteiger partial charge in [0, 0.05) is 11.5 Å². The number of benzene rings is 1. The van der Waals surface area contributed by atoms with Crippen LogP contribution >= 0.6 is 34.2 Å². The molecule has 1 aromatic carbocycles. The van der Waals surface area contributed by atoms with E-state index >= 15 is 0 Å². The zero-order chi connectivity index (χ0) is 14.3. The predicted molar refractivity (Wildman–Crippen MR) is 83.7 cm³/mol. The Kier molecular flexibility index (Phi) is 3.81. The fourth-order valence-electron chi connectivity index (χ4n) is 1.99. The van der Waals surface area contributed by atoms with Crippen molar-refractivity contribution in [3.63, 3.8) is 0 Å². The fourth-order valence-corrected chi connectivity index (χ4v) is 2.85. The van der Waals surface area contributed by atoms with Crippen LogP contribution in [0.25, 0.3) is 11.4 Å². The summed E-state index contributed by atoms with van der Waals surface area (Å²) in [5, 5.41) is 0.445. The zero-order valence-corrected chi connectivity index (χ0v) is 13.6. The molecule has 0 unspecified atom stereocenters. The highest BCUT2D eigenvalue weighted by Gasteiger charge is 2.29. The topological polar surface area (TPSA) is 35.0 Å². The molecule has 6 heteroatoms. The average molecular weight is 405 g/mol. The van der Waals surface area contributed by atoms with Crippen molar-refractivity contribution in [1.82, 2.24) is 9.97 Å². The second-order valence-corrected chi connectivity index (χ2v) is 6.10. The van der Waals surface area contributed by atoms with E-state index in [-0.39, 0.29) is 5.75 Å². The second kappa shape index (κ2) is 5.44. The molecular weight excluding hydrogens is 394 g/mol. The Balaban J connectivity index is 2.10. The number of halogens is 3. The van der Waals surface area contributed by atoms with Gasteiger partial charge in [0.05, 0.1) is 16.4 Å². The van der Waals surface area contributed by atoms with Crippen molar-refractivity contribution in [2.24, 2.45) is 0 Å². The lowest BCUT2D eigenvalue weighted by atomic mass is 10.2. The highest BCUT2D eigenvalue weighted by Crippen LogP contribution is 2.42. The molecule has 0 spiro atoms. The first kappa shape index (κ1) is 14.0. The molecule has 0 radical (unpaired) electrons. The van der Waals surface area contributed by atoms with Gasteiger partial charge in [-0.05, 0) is 53.6 Å². The first-order chi connectivity index (χ1) is 9.60. The lowest BCUT2D eigenvalue weighted by Gasteiger charge is -2.09. The van der Waals surface area contributed by atoms with Crippen molar-refractivity contribution in [2.45, 2.75) is 18.8 Å². The number of ether oxygens (including phenoxy) is 1. The van der Waals surface area contributed by atoms with E-state index in [1.807, 2.05) is 0 Å². The summed E-state index contributed by atoms with van der Waals surface area (Å²) in [6, 6.07) is 4.57. The van der Waals surface area contributed by atoms with Crippen molar-refractivity contribution in [1.29, 1.82) is 0 Å². The smallest absolute Gasteiger partial charge is 0.165 e. The van der Waals surface area contributed by atoms with Gasteiger partial charge in [0.1, 0.15) is 5.15 Å². The number of nitrogens with zero attached hydrogens (tertiary/aromatic N) is 2. The molecule has 1 aromatic heterocycles. The fraction of sp³-hybridized carbons (Fsp3) is 0.286. The van der Waals surface area contributed by atoms with Gasteiger partial charge in [-0.15, -0.1) is 0 Å². The van der Waals surface area contributed by atoms with Crippen molar-refractivity contribution in [2.75, 3.05) is 7.11 Å².